The Balaban J connectivity index is 2.07. The molecule has 1 aromatic heterocycles. The van der Waals surface area contributed by atoms with E-state index in [4.69, 9.17) is 4.74 Å². The average molecular weight is 330 g/mol. The number of nitrogens with zero attached hydrogens (tertiary/aromatic N) is 4. The number of methoxy groups -OCH3 is 1. The minimum absolute atomic E-state index is 0.146. The van der Waals surface area contributed by atoms with Gasteiger partial charge in [0.1, 0.15) is 5.75 Å². The third-order valence-electron chi connectivity index (χ3n) is 3.33. The molecule has 118 valence electrons. The van der Waals surface area contributed by atoms with Gasteiger partial charge in [-0.3, -0.25) is 0 Å². The fourth-order valence-corrected chi connectivity index (χ4v) is 3.27. The SMILES string of the molecule is COc1ccc(-n2nnnc2S(=O)(=O)c2ccc(C)cc2)cc1. The van der Waals surface area contributed by atoms with Gasteiger partial charge in [0, 0.05) is 0 Å². The predicted octanol–water partition coefficient (Wildman–Crippen LogP) is 1.81. The van der Waals surface area contributed by atoms with Crippen molar-refractivity contribution < 1.29 is 13.2 Å². The first-order valence-corrected chi connectivity index (χ1v) is 8.25. The molecule has 0 aliphatic rings. The normalized spacial score (nSPS) is 11.4. The van der Waals surface area contributed by atoms with Crippen LogP contribution in [0, 0.1) is 6.92 Å². The van der Waals surface area contributed by atoms with E-state index in [0.29, 0.717) is 11.4 Å². The van der Waals surface area contributed by atoms with Crippen molar-refractivity contribution in [1.29, 1.82) is 0 Å². The summed E-state index contributed by atoms with van der Waals surface area (Å²) in [7, 11) is -2.26. The van der Waals surface area contributed by atoms with Crippen molar-refractivity contribution in [3.63, 3.8) is 0 Å². The van der Waals surface area contributed by atoms with Crippen LogP contribution in [0.25, 0.3) is 5.69 Å². The molecule has 2 aromatic carbocycles. The second-order valence-electron chi connectivity index (χ2n) is 4.89. The first-order chi connectivity index (χ1) is 11.0. The van der Waals surface area contributed by atoms with E-state index >= 15 is 0 Å². The van der Waals surface area contributed by atoms with E-state index in [1.165, 1.54) is 16.8 Å². The quantitative estimate of drug-likeness (QED) is 0.725. The minimum atomic E-state index is -3.81. The second-order valence-corrected chi connectivity index (χ2v) is 6.73. The number of rotatable bonds is 4. The lowest BCUT2D eigenvalue weighted by Crippen LogP contribution is -2.11. The highest BCUT2D eigenvalue weighted by Crippen LogP contribution is 2.22. The number of aryl methyl sites for hydroxylation is 1. The van der Waals surface area contributed by atoms with Gasteiger partial charge in [0.2, 0.25) is 9.84 Å². The van der Waals surface area contributed by atoms with E-state index in [1.807, 2.05) is 6.92 Å². The number of benzene rings is 2. The third-order valence-corrected chi connectivity index (χ3v) is 4.96. The molecule has 0 fully saturated rings. The number of ether oxygens (including phenoxy) is 1. The summed E-state index contributed by atoms with van der Waals surface area (Å²) in [5.74, 6) is 0.657. The average Bonchev–Trinajstić information content (AvgIpc) is 3.06. The predicted molar refractivity (Wildman–Crippen MR) is 82.3 cm³/mol. The molecule has 23 heavy (non-hydrogen) atoms. The van der Waals surface area contributed by atoms with E-state index in [1.54, 1.807) is 43.5 Å². The largest absolute Gasteiger partial charge is 0.497 e. The van der Waals surface area contributed by atoms with Crippen LogP contribution in [0.1, 0.15) is 5.56 Å². The van der Waals surface area contributed by atoms with Gasteiger partial charge in [-0.15, -0.1) is 0 Å². The molecule has 8 heteroatoms. The number of sulfone groups is 1. The molecular formula is C15H14N4O3S. The van der Waals surface area contributed by atoms with Crippen molar-refractivity contribution in [2.24, 2.45) is 0 Å². The van der Waals surface area contributed by atoms with Crippen LogP contribution in [0.2, 0.25) is 0 Å². The molecule has 0 radical (unpaired) electrons. The van der Waals surface area contributed by atoms with Crippen molar-refractivity contribution >= 4 is 9.84 Å². The van der Waals surface area contributed by atoms with E-state index < -0.39 is 9.84 Å². The summed E-state index contributed by atoms with van der Waals surface area (Å²) < 4.78 is 31.7. The van der Waals surface area contributed by atoms with Crippen LogP contribution in [-0.4, -0.2) is 35.7 Å². The Morgan fingerprint density at radius 1 is 1.00 bits per heavy atom. The molecule has 0 N–H and O–H groups in total. The third kappa shape index (κ3) is 2.80. The van der Waals surface area contributed by atoms with Crippen LogP contribution in [0.4, 0.5) is 0 Å². The molecule has 0 spiro atoms. The summed E-state index contributed by atoms with van der Waals surface area (Å²) >= 11 is 0. The van der Waals surface area contributed by atoms with E-state index in [0.717, 1.165) is 5.56 Å². The first kappa shape index (κ1) is 15.2. The number of hydrogen-bond acceptors (Lipinski definition) is 6. The van der Waals surface area contributed by atoms with E-state index in [2.05, 4.69) is 15.5 Å². The smallest absolute Gasteiger partial charge is 0.277 e. The van der Waals surface area contributed by atoms with Crippen molar-refractivity contribution in [1.82, 2.24) is 20.2 Å². The molecule has 7 nitrogen and oxygen atoms in total. The molecule has 0 amide bonds. The lowest BCUT2D eigenvalue weighted by Gasteiger charge is -2.07. The molecule has 1 heterocycles. The molecular weight excluding hydrogens is 316 g/mol. The monoisotopic (exact) mass is 330 g/mol. The lowest BCUT2D eigenvalue weighted by molar-refractivity contribution is 0.414. The van der Waals surface area contributed by atoms with Gasteiger partial charge >= 0.3 is 0 Å². The van der Waals surface area contributed by atoms with Crippen LogP contribution in [0.5, 0.6) is 5.75 Å². The van der Waals surface area contributed by atoms with Crippen LogP contribution < -0.4 is 4.74 Å². The second kappa shape index (κ2) is 5.81. The van der Waals surface area contributed by atoms with Gasteiger partial charge in [-0.05, 0) is 53.7 Å². The molecule has 0 unspecified atom stereocenters. The highest BCUT2D eigenvalue weighted by Gasteiger charge is 2.26. The Bertz CT molecular complexity index is 916. The van der Waals surface area contributed by atoms with Gasteiger partial charge in [0.15, 0.2) is 0 Å². The standard InChI is InChI=1S/C15H14N4O3S/c1-11-3-9-14(10-4-11)23(20,21)15-16-17-18-19(15)12-5-7-13(22-2)8-6-12/h3-10H,1-2H3. The van der Waals surface area contributed by atoms with Crippen molar-refractivity contribution in [3.8, 4) is 11.4 Å². The molecule has 0 bridgehead atoms. The van der Waals surface area contributed by atoms with Gasteiger partial charge in [-0.25, -0.2) is 8.42 Å². The Kier molecular flexibility index (Phi) is 3.83. The summed E-state index contributed by atoms with van der Waals surface area (Å²) in [4.78, 5) is 0.146. The van der Waals surface area contributed by atoms with Crippen LogP contribution in [0.15, 0.2) is 58.6 Å². The highest BCUT2D eigenvalue weighted by molar-refractivity contribution is 7.91. The summed E-state index contributed by atoms with van der Waals surface area (Å²) in [5, 5.41) is 10.7. The van der Waals surface area contributed by atoms with Gasteiger partial charge < -0.3 is 4.74 Å². The Morgan fingerprint density at radius 2 is 1.65 bits per heavy atom. The summed E-state index contributed by atoms with van der Waals surface area (Å²) in [5.41, 5.74) is 1.50. The fraction of sp³-hybridized carbons (Fsp3) is 0.133. The molecule has 0 saturated heterocycles. The lowest BCUT2D eigenvalue weighted by atomic mass is 10.2. The highest BCUT2D eigenvalue weighted by atomic mass is 32.2. The van der Waals surface area contributed by atoms with Crippen molar-refractivity contribution in [2.75, 3.05) is 7.11 Å². The van der Waals surface area contributed by atoms with Crippen molar-refractivity contribution in [3.05, 3.63) is 54.1 Å². The first-order valence-electron chi connectivity index (χ1n) is 6.77. The maximum absolute atomic E-state index is 12.7. The maximum atomic E-state index is 12.7. The zero-order valence-corrected chi connectivity index (χ0v) is 13.4. The van der Waals surface area contributed by atoms with Gasteiger partial charge in [-0.1, -0.05) is 22.8 Å². The summed E-state index contributed by atoms with van der Waals surface area (Å²) in [6.45, 7) is 1.89. The van der Waals surface area contributed by atoms with Gasteiger partial charge in [0.25, 0.3) is 5.16 Å². The summed E-state index contributed by atoms with van der Waals surface area (Å²) in [6.07, 6.45) is 0. The molecule has 0 aliphatic heterocycles. The number of aromatic nitrogens is 4. The zero-order valence-electron chi connectivity index (χ0n) is 12.5. The minimum Gasteiger partial charge on any atom is -0.497 e. The number of hydrogen-bond donors (Lipinski definition) is 0. The Labute approximate surface area is 133 Å². The van der Waals surface area contributed by atoms with E-state index in [9.17, 15) is 8.42 Å². The Hall–Kier alpha value is -2.74. The van der Waals surface area contributed by atoms with Gasteiger partial charge in [0.05, 0.1) is 17.7 Å². The fourth-order valence-electron chi connectivity index (χ4n) is 2.05. The topological polar surface area (TPSA) is 87.0 Å². The van der Waals surface area contributed by atoms with Crippen LogP contribution >= 0.6 is 0 Å². The maximum Gasteiger partial charge on any atom is 0.277 e. The Morgan fingerprint density at radius 3 is 2.26 bits per heavy atom. The summed E-state index contributed by atoms with van der Waals surface area (Å²) in [6, 6.07) is 13.3. The zero-order chi connectivity index (χ0) is 16.4. The molecule has 3 aromatic rings. The molecule has 0 atom stereocenters. The van der Waals surface area contributed by atoms with Gasteiger partial charge in [-0.2, -0.15) is 4.68 Å². The molecule has 3 rings (SSSR count). The molecule has 0 saturated carbocycles. The number of tetrazole rings is 1. The molecule has 0 aliphatic carbocycles. The van der Waals surface area contributed by atoms with Crippen LogP contribution in [-0.2, 0) is 9.84 Å². The van der Waals surface area contributed by atoms with Crippen molar-refractivity contribution in [2.45, 2.75) is 17.0 Å². The van der Waals surface area contributed by atoms with E-state index in [-0.39, 0.29) is 10.1 Å². The van der Waals surface area contributed by atoms with Crippen LogP contribution in [0.3, 0.4) is 0 Å².